The molecule has 1 N–H and O–H groups in total. The second kappa shape index (κ2) is 8.12. The molecule has 1 amide bonds. The molecule has 0 saturated carbocycles. The summed E-state index contributed by atoms with van der Waals surface area (Å²) in [6, 6.07) is 15.5. The second-order valence-corrected chi connectivity index (χ2v) is 7.60. The number of anilines is 1. The standard InChI is InChI=1S/C22H19ClN4O3/c1-13(2)21-25-22(30-26-21)17-11-20(29)27(18-6-4-3-5-16(17)18)12-19(28)24-15-9-7-14(23)8-10-15/h3-11,13H,12H2,1-2H3,(H,24,28). The van der Waals surface area contributed by atoms with Gasteiger partial charge in [-0.15, -0.1) is 0 Å². The molecule has 0 bridgehead atoms. The van der Waals surface area contributed by atoms with Crippen molar-refractivity contribution in [2.45, 2.75) is 26.3 Å². The number of para-hydroxylation sites is 1. The zero-order chi connectivity index (χ0) is 21.3. The van der Waals surface area contributed by atoms with Gasteiger partial charge in [-0.2, -0.15) is 4.98 Å². The molecular formula is C22H19ClN4O3. The summed E-state index contributed by atoms with van der Waals surface area (Å²) in [5.41, 5.74) is 1.42. The van der Waals surface area contributed by atoms with Crippen LogP contribution in [0.1, 0.15) is 25.6 Å². The molecule has 0 radical (unpaired) electrons. The number of aromatic nitrogens is 3. The van der Waals surface area contributed by atoms with Gasteiger partial charge in [-0.3, -0.25) is 14.2 Å². The first-order chi connectivity index (χ1) is 14.4. The molecule has 0 aliphatic rings. The molecule has 2 aromatic heterocycles. The molecular weight excluding hydrogens is 404 g/mol. The van der Waals surface area contributed by atoms with Gasteiger partial charge in [-0.05, 0) is 30.3 Å². The van der Waals surface area contributed by atoms with Gasteiger partial charge in [0.1, 0.15) is 6.54 Å². The van der Waals surface area contributed by atoms with Crippen LogP contribution >= 0.6 is 11.6 Å². The van der Waals surface area contributed by atoms with Crippen LogP contribution in [0, 0.1) is 0 Å². The number of hydrogen-bond acceptors (Lipinski definition) is 5. The van der Waals surface area contributed by atoms with Gasteiger partial charge in [-0.25, -0.2) is 0 Å². The third-order valence-electron chi connectivity index (χ3n) is 4.64. The van der Waals surface area contributed by atoms with Gasteiger partial charge in [0.25, 0.3) is 11.4 Å². The van der Waals surface area contributed by atoms with E-state index in [1.165, 1.54) is 10.6 Å². The third kappa shape index (κ3) is 3.97. The fourth-order valence-electron chi connectivity index (χ4n) is 3.13. The van der Waals surface area contributed by atoms with Crippen molar-refractivity contribution in [3.8, 4) is 11.5 Å². The minimum absolute atomic E-state index is 0.102. The van der Waals surface area contributed by atoms with Crippen molar-refractivity contribution < 1.29 is 9.32 Å². The second-order valence-electron chi connectivity index (χ2n) is 7.17. The molecule has 0 aliphatic heterocycles. The van der Waals surface area contributed by atoms with Crippen molar-refractivity contribution >= 4 is 34.1 Å². The van der Waals surface area contributed by atoms with Crippen molar-refractivity contribution in [3.63, 3.8) is 0 Å². The summed E-state index contributed by atoms with van der Waals surface area (Å²) in [6.45, 7) is 3.79. The normalized spacial score (nSPS) is 11.2. The van der Waals surface area contributed by atoms with Crippen LogP contribution in [0.25, 0.3) is 22.4 Å². The first kappa shape index (κ1) is 19.8. The summed E-state index contributed by atoms with van der Waals surface area (Å²) in [7, 11) is 0. The van der Waals surface area contributed by atoms with Crippen LogP contribution in [0.3, 0.4) is 0 Å². The summed E-state index contributed by atoms with van der Waals surface area (Å²) < 4.78 is 6.81. The maximum absolute atomic E-state index is 12.9. The van der Waals surface area contributed by atoms with Gasteiger partial charge in [0.15, 0.2) is 5.82 Å². The Kier molecular flexibility index (Phi) is 5.37. The Balaban J connectivity index is 1.71. The van der Waals surface area contributed by atoms with Crippen molar-refractivity contribution in [2.24, 2.45) is 0 Å². The molecule has 4 rings (SSSR count). The molecule has 30 heavy (non-hydrogen) atoms. The minimum Gasteiger partial charge on any atom is -0.334 e. The van der Waals surface area contributed by atoms with Crippen molar-refractivity contribution in [1.29, 1.82) is 0 Å². The number of carbonyl (C=O) groups excluding carboxylic acids is 1. The highest BCUT2D eigenvalue weighted by Crippen LogP contribution is 2.27. The number of rotatable bonds is 5. The smallest absolute Gasteiger partial charge is 0.258 e. The quantitative estimate of drug-likeness (QED) is 0.512. The molecule has 2 aromatic carbocycles. The number of nitrogens with zero attached hydrogens (tertiary/aromatic N) is 3. The Morgan fingerprint density at radius 1 is 1.17 bits per heavy atom. The lowest BCUT2D eigenvalue weighted by Gasteiger charge is -2.12. The van der Waals surface area contributed by atoms with Crippen LogP contribution in [-0.4, -0.2) is 20.6 Å². The fraction of sp³-hybridized carbons (Fsp3) is 0.182. The van der Waals surface area contributed by atoms with E-state index in [2.05, 4.69) is 15.5 Å². The van der Waals surface area contributed by atoms with E-state index >= 15 is 0 Å². The lowest BCUT2D eigenvalue weighted by Crippen LogP contribution is -2.27. The Labute approximate surface area is 177 Å². The maximum atomic E-state index is 12.9. The van der Waals surface area contributed by atoms with Gasteiger partial charge >= 0.3 is 0 Å². The van der Waals surface area contributed by atoms with Crippen LogP contribution < -0.4 is 10.9 Å². The summed E-state index contributed by atoms with van der Waals surface area (Å²) in [4.78, 5) is 29.8. The van der Waals surface area contributed by atoms with E-state index in [0.29, 0.717) is 27.6 Å². The number of hydrogen-bond donors (Lipinski definition) is 1. The molecule has 0 fully saturated rings. The van der Waals surface area contributed by atoms with Crippen LogP contribution in [0.5, 0.6) is 0 Å². The van der Waals surface area contributed by atoms with E-state index in [1.54, 1.807) is 30.3 Å². The minimum atomic E-state index is -0.334. The van der Waals surface area contributed by atoms with Gasteiger partial charge in [0, 0.05) is 28.1 Å². The maximum Gasteiger partial charge on any atom is 0.258 e. The van der Waals surface area contributed by atoms with Crippen LogP contribution in [0.4, 0.5) is 5.69 Å². The molecule has 8 heteroatoms. The Morgan fingerprint density at radius 2 is 1.90 bits per heavy atom. The molecule has 2 heterocycles. The summed E-state index contributed by atoms with van der Waals surface area (Å²) in [6.07, 6.45) is 0. The van der Waals surface area contributed by atoms with E-state index in [4.69, 9.17) is 16.1 Å². The SMILES string of the molecule is CC(C)c1noc(-c2cc(=O)n(CC(=O)Nc3ccc(Cl)cc3)c3ccccc23)n1. The molecule has 4 aromatic rings. The van der Waals surface area contributed by atoms with Crippen molar-refractivity contribution in [3.05, 3.63) is 75.8 Å². The number of benzene rings is 2. The zero-order valence-corrected chi connectivity index (χ0v) is 17.2. The van der Waals surface area contributed by atoms with E-state index in [1.807, 2.05) is 32.0 Å². The van der Waals surface area contributed by atoms with Crippen LogP contribution in [0.2, 0.25) is 5.02 Å². The van der Waals surface area contributed by atoms with Crippen LogP contribution in [-0.2, 0) is 11.3 Å². The predicted octanol–water partition coefficient (Wildman–Crippen LogP) is 4.47. The van der Waals surface area contributed by atoms with E-state index in [-0.39, 0.29) is 29.8 Å². The average molecular weight is 423 g/mol. The monoisotopic (exact) mass is 422 g/mol. The lowest BCUT2D eigenvalue weighted by molar-refractivity contribution is -0.116. The Bertz CT molecular complexity index is 1280. The molecule has 0 atom stereocenters. The molecule has 0 unspecified atom stereocenters. The number of nitrogens with one attached hydrogen (secondary N) is 1. The summed E-state index contributed by atoms with van der Waals surface area (Å²) in [5, 5.41) is 8.08. The highest BCUT2D eigenvalue weighted by Gasteiger charge is 2.18. The molecule has 0 aliphatic carbocycles. The van der Waals surface area contributed by atoms with Crippen molar-refractivity contribution in [2.75, 3.05) is 5.32 Å². The van der Waals surface area contributed by atoms with Gasteiger partial charge in [-0.1, -0.05) is 48.8 Å². The van der Waals surface area contributed by atoms with Crippen LogP contribution in [0.15, 0.2) is 63.9 Å². The van der Waals surface area contributed by atoms with E-state index in [0.717, 1.165) is 5.39 Å². The first-order valence-corrected chi connectivity index (χ1v) is 9.82. The van der Waals surface area contributed by atoms with Gasteiger partial charge in [0.05, 0.1) is 11.1 Å². The zero-order valence-electron chi connectivity index (χ0n) is 16.4. The first-order valence-electron chi connectivity index (χ1n) is 9.44. The largest absolute Gasteiger partial charge is 0.334 e. The number of pyridine rings is 1. The van der Waals surface area contributed by atoms with E-state index in [9.17, 15) is 9.59 Å². The number of fused-ring (bicyclic) bond motifs is 1. The number of halogens is 1. The average Bonchev–Trinajstić information content (AvgIpc) is 3.22. The molecule has 152 valence electrons. The van der Waals surface area contributed by atoms with E-state index < -0.39 is 0 Å². The third-order valence-corrected chi connectivity index (χ3v) is 4.89. The Hall–Kier alpha value is -3.45. The topological polar surface area (TPSA) is 90.0 Å². The predicted molar refractivity (Wildman–Crippen MR) is 116 cm³/mol. The van der Waals surface area contributed by atoms with Gasteiger partial charge in [0.2, 0.25) is 5.91 Å². The lowest BCUT2D eigenvalue weighted by atomic mass is 10.1. The molecule has 0 spiro atoms. The Morgan fingerprint density at radius 3 is 2.60 bits per heavy atom. The highest BCUT2D eigenvalue weighted by atomic mass is 35.5. The molecule has 7 nitrogen and oxygen atoms in total. The summed E-state index contributed by atoms with van der Waals surface area (Å²) in [5.74, 6) is 0.633. The number of amides is 1. The molecule has 0 saturated heterocycles. The summed E-state index contributed by atoms with van der Waals surface area (Å²) >= 11 is 5.87. The highest BCUT2D eigenvalue weighted by molar-refractivity contribution is 6.30. The van der Waals surface area contributed by atoms with Crippen molar-refractivity contribution in [1.82, 2.24) is 14.7 Å². The number of carbonyl (C=O) groups is 1. The van der Waals surface area contributed by atoms with Gasteiger partial charge < -0.3 is 9.84 Å². The fourth-order valence-corrected chi connectivity index (χ4v) is 3.26.